The lowest BCUT2D eigenvalue weighted by Gasteiger charge is -2.11. The van der Waals surface area contributed by atoms with Gasteiger partial charge in [0, 0.05) is 18.7 Å². The van der Waals surface area contributed by atoms with Crippen molar-refractivity contribution < 1.29 is 4.79 Å². The van der Waals surface area contributed by atoms with E-state index in [2.05, 4.69) is 35.8 Å². The van der Waals surface area contributed by atoms with Gasteiger partial charge >= 0.3 is 0 Å². The van der Waals surface area contributed by atoms with E-state index in [4.69, 9.17) is 0 Å². The van der Waals surface area contributed by atoms with E-state index in [1.807, 2.05) is 37.4 Å². The van der Waals surface area contributed by atoms with Gasteiger partial charge in [0.15, 0.2) is 0 Å². The number of carbonyl (C=O) groups is 1. The van der Waals surface area contributed by atoms with E-state index < -0.39 is 0 Å². The topological polar surface area (TPSA) is 41.1 Å². The lowest BCUT2D eigenvalue weighted by atomic mass is 10.1. The second kappa shape index (κ2) is 7.60. The van der Waals surface area contributed by atoms with Gasteiger partial charge in [-0.3, -0.25) is 4.79 Å². The van der Waals surface area contributed by atoms with Gasteiger partial charge < -0.3 is 10.6 Å². The van der Waals surface area contributed by atoms with E-state index in [0.29, 0.717) is 6.42 Å². The standard InChI is InChI=1S/C18H22N2O/c1-14-6-5-7-15(12-14)10-11-18(21)20-17-9-4-3-8-16(17)13-19-2/h3-9,12,19H,10-11,13H2,1-2H3,(H,20,21). The fourth-order valence-electron chi connectivity index (χ4n) is 2.33. The molecule has 0 aliphatic carbocycles. The van der Waals surface area contributed by atoms with E-state index in [1.54, 1.807) is 0 Å². The van der Waals surface area contributed by atoms with Gasteiger partial charge in [-0.25, -0.2) is 0 Å². The Morgan fingerprint density at radius 2 is 1.90 bits per heavy atom. The molecule has 0 fully saturated rings. The number of amides is 1. The first-order chi connectivity index (χ1) is 10.2. The van der Waals surface area contributed by atoms with Gasteiger partial charge in [-0.1, -0.05) is 48.0 Å². The van der Waals surface area contributed by atoms with E-state index in [0.717, 1.165) is 24.2 Å². The molecule has 1 amide bonds. The SMILES string of the molecule is CNCc1ccccc1NC(=O)CCc1cccc(C)c1. The molecule has 2 rings (SSSR count). The number of aryl methyl sites for hydroxylation is 2. The molecule has 110 valence electrons. The van der Waals surface area contributed by atoms with E-state index in [9.17, 15) is 4.79 Å². The normalized spacial score (nSPS) is 10.4. The summed E-state index contributed by atoms with van der Waals surface area (Å²) in [6.45, 7) is 2.81. The first kappa shape index (κ1) is 15.3. The van der Waals surface area contributed by atoms with Crippen molar-refractivity contribution in [1.82, 2.24) is 5.32 Å². The molecule has 0 atom stereocenters. The minimum absolute atomic E-state index is 0.0556. The molecule has 0 spiro atoms. The van der Waals surface area contributed by atoms with Gasteiger partial charge in [0.25, 0.3) is 0 Å². The number of nitrogens with one attached hydrogen (secondary N) is 2. The van der Waals surface area contributed by atoms with Crippen LogP contribution in [0.15, 0.2) is 48.5 Å². The van der Waals surface area contributed by atoms with Crippen molar-refractivity contribution in [1.29, 1.82) is 0 Å². The molecule has 2 aromatic rings. The molecule has 0 saturated heterocycles. The van der Waals surface area contributed by atoms with Crippen molar-refractivity contribution in [2.75, 3.05) is 12.4 Å². The summed E-state index contributed by atoms with van der Waals surface area (Å²) in [6.07, 6.45) is 1.26. The Balaban J connectivity index is 1.93. The predicted molar refractivity (Wildman–Crippen MR) is 87.3 cm³/mol. The molecule has 0 bridgehead atoms. The molecule has 3 heteroatoms. The molecular formula is C18H22N2O. The number of benzene rings is 2. The highest BCUT2D eigenvalue weighted by molar-refractivity contribution is 5.91. The molecular weight excluding hydrogens is 260 g/mol. The molecule has 0 unspecified atom stereocenters. The third-order valence-corrected chi connectivity index (χ3v) is 3.38. The van der Waals surface area contributed by atoms with E-state index in [1.165, 1.54) is 11.1 Å². The number of anilines is 1. The summed E-state index contributed by atoms with van der Waals surface area (Å²) in [5.41, 5.74) is 4.42. The van der Waals surface area contributed by atoms with Crippen molar-refractivity contribution in [2.24, 2.45) is 0 Å². The summed E-state index contributed by atoms with van der Waals surface area (Å²) in [4.78, 5) is 12.1. The molecule has 0 aliphatic heterocycles. The first-order valence-electron chi connectivity index (χ1n) is 7.27. The van der Waals surface area contributed by atoms with Gasteiger partial charge in [-0.05, 0) is 37.6 Å². The molecule has 0 radical (unpaired) electrons. The number of para-hydroxylation sites is 1. The van der Waals surface area contributed by atoms with Crippen molar-refractivity contribution in [3.63, 3.8) is 0 Å². The van der Waals surface area contributed by atoms with Crippen LogP contribution < -0.4 is 10.6 Å². The minimum atomic E-state index is 0.0556. The summed E-state index contributed by atoms with van der Waals surface area (Å²) in [5, 5.41) is 6.11. The summed E-state index contributed by atoms with van der Waals surface area (Å²) in [7, 11) is 1.90. The fraction of sp³-hybridized carbons (Fsp3) is 0.278. The van der Waals surface area contributed by atoms with Crippen LogP contribution in [0.4, 0.5) is 5.69 Å². The number of carbonyl (C=O) groups excluding carboxylic acids is 1. The summed E-state index contributed by atoms with van der Waals surface area (Å²) < 4.78 is 0. The smallest absolute Gasteiger partial charge is 0.224 e. The van der Waals surface area contributed by atoms with Gasteiger partial charge in [0.2, 0.25) is 5.91 Å². The Kier molecular flexibility index (Phi) is 5.52. The Bertz CT molecular complexity index is 608. The van der Waals surface area contributed by atoms with Crippen molar-refractivity contribution in [3.05, 3.63) is 65.2 Å². The van der Waals surface area contributed by atoms with Crippen molar-refractivity contribution >= 4 is 11.6 Å². The maximum atomic E-state index is 12.1. The van der Waals surface area contributed by atoms with Gasteiger partial charge in [0.1, 0.15) is 0 Å². The molecule has 0 aromatic heterocycles. The summed E-state index contributed by atoms with van der Waals surface area (Å²) in [6, 6.07) is 16.2. The third kappa shape index (κ3) is 4.72. The highest BCUT2D eigenvalue weighted by atomic mass is 16.1. The van der Waals surface area contributed by atoms with Crippen LogP contribution in [0, 0.1) is 6.92 Å². The molecule has 0 saturated carbocycles. The van der Waals surface area contributed by atoms with Gasteiger partial charge in [-0.15, -0.1) is 0 Å². The summed E-state index contributed by atoms with van der Waals surface area (Å²) in [5.74, 6) is 0.0556. The Labute approximate surface area is 126 Å². The van der Waals surface area contributed by atoms with Crippen LogP contribution in [-0.2, 0) is 17.8 Å². The van der Waals surface area contributed by atoms with Crippen LogP contribution in [0.25, 0.3) is 0 Å². The fourth-order valence-corrected chi connectivity index (χ4v) is 2.33. The van der Waals surface area contributed by atoms with E-state index in [-0.39, 0.29) is 5.91 Å². The molecule has 21 heavy (non-hydrogen) atoms. The molecule has 0 aliphatic rings. The van der Waals surface area contributed by atoms with Crippen LogP contribution in [0.1, 0.15) is 23.1 Å². The first-order valence-corrected chi connectivity index (χ1v) is 7.27. The average molecular weight is 282 g/mol. The van der Waals surface area contributed by atoms with Crippen molar-refractivity contribution in [2.45, 2.75) is 26.3 Å². The van der Waals surface area contributed by atoms with Crippen LogP contribution in [0.2, 0.25) is 0 Å². The lowest BCUT2D eigenvalue weighted by Crippen LogP contribution is -2.15. The van der Waals surface area contributed by atoms with Crippen LogP contribution >= 0.6 is 0 Å². The zero-order valence-corrected chi connectivity index (χ0v) is 12.6. The highest BCUT2D eigenvalue weighted by Gasteiger charge is 2.06. The molecule has 0 heterocycles. The molecule has 2 aromatic carbocycles. The molecule has 3 nitrogen and oxygen atoms in total. The van der Waals surface area contributed by atoms with Crippen LogP contribution in [-0.4, -0.2) is 13.0 Å². The van der Waals surface area contributed by atoms with Crippen LogP contribution in [0.3, 0.4) is 0 Å². The second-order valence-electron chi connectivity index (χ2n) is 5.22. The number of hydrogen-bond acceptors (Lipinski definition) is 2. The number of hydrogen-bond donors (Lipinski definition) is 2. The van der Waals surface area contributed by atoms with Gasteiger partial charge in [-0.2, -0.15) is 0 Å². The molecule has 2 N–H and O–H groups in total. The lowest BCUT2D eigenvalue weighted by molar-refractivity contribution is -0.116. The number of rotatable bonds is 6. The minimum Gasteiger partial charge on any atom is -0.326 e. The van der Waals surface area contributed by atoms with Gasteiger partial charge in [0.05, 0.1) is 0 Å². The Morgan fingerprint density at radius 3 is 2.67 bits per heavy atom. The Hall–Kier alpha value is -2.13. The third-order valence-electron chi connectivity index (χ3n) is 3.38. The zero-order chi connectivity index (χ0) is 15.1. The van der Waals surface area contributed by atoms with Crippen molar-refractivity contribution in [3.8, 4) is 0 Å². The summed E-state index contributed by atoms with van der Waals surface area (Å²) >= 11 is 0. The quantitative estimate of drug-likeness (QED) is 0.853. The monoisotopic (exact) mass is 282 g/mol. The highest BCUT2D eigenvalue weighted by Crippen LogP contribution is 2.15. The predicted octanol–water partition coefficient (Wildman–Crippen LogP) is 3.29. The second-order valence-corrected chi connectivity index (χ2v) is 5.22. The zero-order valence-electron chi connectivity index (χ0n) is 12.6. The maximum Gasteiger partial charge on any atom is 0.224 e. The average Bonchev–Trinajstić information content (AvgIpc) is 2.48. The largest absolute Gasteiger partial charge is 0.326 e. The van der Waals surface area contributed by atoms with E-state index >= 15 is 0 Å². The maximum absolute atomic E-state index is 12.1. The Morgan fingerprint density at radius 1 is 1.10 bits per heavy atom. The van der Waals surface area contributed by atoms with Crippen LogP contribution in [0.5, 0.6) is 0 Å².